The molecule has 0 amide bonds. The number of rotatable bonds is 6. The summed E-state index contributed by atoms with van der Waals surface area (Å²) in [6, 6.07) is 78.3. The fraction of sp³-hybridized carbons (Fsp3) is 0.0508. The lowest BCUT2D eigenvalue weighted by atomic mass is 9.80. The van der Waals surface area contributed by atoms with Crippen molar-refractivity contribution in [2.75, 3.05) is 0 Å². The molecule has 0 saturated heterocycles. The predicted molar refractivity (Wildman–Crippen MR) is 253 cm³/mol. The van der Waals surface area contributed by atoms with E-state index in [1.54, 1.807) is 0 Å². The van der Waals surface area contributed by atoms with Crippen LogP contribution in [0.15, 0.2) is 212 Å². The first kappa shape index (κ1) is 34.9. The maximum Gasteiger partial charge on any atom is 0.0159 e. The Morgan fingerprint density at radius 2 is 0.915 bits per heavy atom. The molecule has 0 heterocycles. The molecule has 1 aliphatic rings. The van der Waals surface area contributed by atoms with Gasteiger partial charge in [0, 0.05) is 5.41 Å². The molecule has 0 heteroatoms. The van der Waals surface area contributed by atoms with Crippen LogP contribution < -0.4 is 0 Å². The minimum absolute atomic E-state index is 0.103. The van der Waals surface area contributed by atoms with Crippen LogP contribution in [0.4, 0.5) is 0 Å². The van der Waals surface area contributed by atoms with Gasteiger partial charge in [0.15, 0.2) is 0 Å². The summed E-state index contributed by atoms with van der Waals surface area (Å²) in [5.41, 5.74) is 17.6. The summed E-state index contributed by atoms with van der Waals surface area (Å²) >= 11 is 0. The summed E-state index contributed by atoms with van der Waals surface area (Å²) in [4.78, 5) is 0. The molecule has 1 aliphatic carbocycles. The van der Waals surface area contributed by atoms with Crippen LogP contribution in [0, 0.1) is 0 Å². The Morgan fingerprint density at radius 3 is 1.69 bits per heavy atom. The number of hydrogen-bond donors (Lipinski definition) is 0. The molecule has 0 aromatic heterocycles. The Labute approximate surface area is 346 Å². The molecule has 11 rings (SSSR count). The van der Waals surface area contributed by atoms with E-state index in [1.807, 2.05) is 0 Å². The molecular formula is C59H42. The van der Waals surface area contributed by atoms with Gasteiger partial charge in [-0.25, -0.2) is 0 Å². The molecule has 10 aromatic carbocycles. The molecular weight excluding hydrogens is 709 g/mol. The summed E-state index contributed by atoms with van der Waals surface area (Å²) in [7, 11) is 0. The molecule has 0 atom stereocenters. The highest BCUT2D eigenvalue weighted by atomic mass is 14.4. The maximum absolute atomic E-state index is 2.47. The lowest BCUT2D eigenvalue weighted by molar-refractivity contribution is 0.660. The lowest BCUT2D eigenvalue weighted by Crippen LogP contribution is -2.14. The first-order valence-corrected chi connectivity index (χ1v) is 20.7. The largest absolute Gasteiger partial charge is 0.0622 e. The highest BCUT2D eigenvalue weighted by Crippen LogP contribution is 2.55. The fourth-order valence-electron chi connectivity index (χ4n) is 9.91. The first-order valence-electron chi connectivity index (χ1n) is 20.7. The van der Waals surface area contributed by atoms with Crippen LogP contribution >= 0.6 is 0 Å². The molecule has 59 heavy (non-hydrogen) atoms. The lowest BCUT2D eigenvalue weighted by Gasteiger charge is -2.23. The smallest absolute Gasteiger partial charge is 0.0159 e. The Bertz CT molecular complexity index is 3230. The summed E-state index contributed by atoms with van der Waals surface area (Å²) in [6.45, 7) is 4.75. The van der Waals surface area contributed by atoms with E-state index >= 15 is 0 Å². The zero-order valence-electron chi connectivity index (χ0n) is 33.3. The molecule has 0 unspecified atom stereocenters. The SMILES string of the molecule is CC1(C)c2ccccc2-c2c(-c3c4ccccc4c(-c4cccc(C=C(c5ccccc5)c5ccccc5)c4)c4ccc(-c5cccc6ccccc56)cc34)cccc21. The third kappa shape index (κ3) is 5.75. The van der Waals surface area contributed by atoms with Crippen LogP contribution in [0.1, 0.15) is 41.7 Å². The van der Waals surface area contributed by atoms with Crippen molar-refractivity contribution in [3.8, 4) is 44.5 Å². The molecule has 0 spiro atoms. The van der Waals surface area contributed by atoms with Crippen LogP contribution in [-0.2, 0) is 5.41 Å². The van der Waals surface area contributed by atoms with E-state index in [0.29, 0.717) is 0 Å². The van der Waals surface area contributed by atoms with Crippen molar-refractivity contribution in [2.45, 2.75) is 19.3 Å². The zero-order valence-corrected chi connectivity index (χ0v) is 33.3. The van der Waals surface area contributed by atoms with Gasteiger partial charge in [-0.1, -0.05) is 214 Å². The van der Waals surface area contributed by atoms with Crippen molar-refractivity contribution in [2.24, 2.45) is 0 Å². The third-order valence-electron chi connectivity index (χ3n) is 12.7. The van der Waals surface area contributed by atoms with Gasteiger partial charge in [0.25, 0.3) is 0 Å². The maximum atomic E-state index is 2.47. The van der Waals surface area contributed by atoms with Gasteiger partial charge in [0.05, 0.1) is 0 Å². The van der Waals surface area contributed by atoms with Crippen molar-refractivity contribution in [1.82, 2.24) is 0 Å². The Morgan fingerprint density at radius 1 is 0.356 bits per heavy atom. The molecule has 0 nitrogen and oxygen atoms in total. The molecule has 0 bridgehead atoms. The van der Waals surface area contributed by atoms with E-state index in [0.717, 1.165) is 0 Å². The monoisotopic (exact) mass is 750 g/mol. The quantitative estimate of drug-likeness (QED) is 0.117. The highest BCUT2D eigenvalue weighted by molar-refractivity contribution is 6.23. The molecule has 0 aliphatic heterocycles. The van der Waals surface area contributed by atoms with E-state index < -0.39 is 0 Å². The summed E-state index contributed by atoms with van der Waals surface area (Å²) in [5, 5.41) is 7.53. The topological polar surface area (TPSA) is 0 Å². The predicted octanol–water partition coefficient (Wildman–Crippen LogP) is 16.0. The second-order valence-corrected chi connectivity index (χ2v) is 16.4. The summed E-state index contributed by atoms with van der Waals surface area (Å²) < 4.78 is 0. The standard InChI is InChI=1S/C59H42/c1-59(2)54-32-14-13-29-50(54)58-51(31-17-33-55(58)59)57-48-28-12-11-27-47(48)56(49-35-34-43(38-53(49)57)46-30-16-24-40-23-9-10-26-45(40)46)44-25-15-18-39(36-44)37-52(41-19-5-3-6-20-41)42-21-7-4-8-22-42/h3-38H,1-2H3. The Hall–Kier alpha value is -7.28. The molecule has 0 N–H and O–H groups in total. The van der Waals surface area contributed by atoms with Crippen molar-refractivity contribution in [3.05, 3.63) is 240 Å². The van der Waals surface area contributed by atoms with Crippen molar-refractivity contribution < 1.29 is 0 Å². The molecule has 10 aromatic rings. The second kappa shape index (κ2) is 14.0. The van der Waals surface area contributed by atoms with Crippen molar-refractivity contribution in [1.29, 1.82) is 0 Å². The van der Waals surface area contributed by atoms with Gasteiger partial charge >= 0.3 is 0 Å². The molecule has 0 saturated carbocycles. The fourth-order valence-corrected chi connectivity index (χ4v) is 9.91. The van der Waals surface area contributed by atoms with Crippen LogP contribution in [0.25, 0.3) is 88.5 Å². The first-order chi connectivity index (χ1) is 29.0. The van der Waals surface area contributed by atoms with Gasteiger partial charge in [-0.2, -0.15) is 0 Å². The van der Waals surface area contributed by atoms with E-state index in [1.165, 1.54) is 110 Å². The third-order valence-corrected chi connectivity index (χ3v) is 12.7. The summed E-state index contributed by atoms with van der Waals surface area (Å²) in [5.74, 6) is 0. The van der Waals surface area contributed by atoms with Gasteiger partial charge in [0.2, 0.25) is 0 Å². The van der Waals surface area contributed by atoms with Gasteiger partial charge in [-0.15, -0.1) is 0 Å². The number of fused-ring (bicyclic) bond motifs is 6. The normalized spacial score (nSPS) is 12.7. The average molecular weight is 751 g/mol. The molecule has 278 valence electrons. The highest BCUT2D eigenvalue weighted by Gasteiger charge is 2.37. The van der Waals surface area contributed by atoms with Gasteiger partial charge in [-0.05, 0) is 128 Å². The van der Waals surface area contributed by atoms with Crippen molar-refractivity contribution in [3.63, 3.8) is 0 Å². The van der Waals surface area contributed by atoms with Crippen LogP contribution in [0.2, 0.25) is 0 Å². The van der Waals surface area contributed by atoms with Gasteiger partial charge in [0.1, 0.15) is 0 Å². The Balaban J connectivity index is 1.21. The van der Waals surface area contributed by atoms with Gasteiger partial charge < -0.3 is 0 Å². The van der Waals surface area contributed by atoms with Crippen molar-refractivity contribution >= 4 is 44.0 Å². The average Bonchev–Trinajstić information content (AvgIpc) is 3.53. The minimum Gasteiger partial charge on any atom is -0.0622 e. The van der Waals surface area contributed by atoms with Crippen LogP contribution in [0.5, 0.6) is 0 Å². The summed E-state index contributed by atoms with van der Waals surface area (Å²) in [6.07, 6.45) is 2.35. The zero-order chi connectivity index (χ0) is 39.5. The second-order valence-electron chi connectivity index (χ2n) is 16.4. The van der Waals surface area contributed by atoms with E-state index in [-0.39, 0.29) is 5.41 Å². The molecule has 0 fully saturated rings. The Kier molecular flexibility index (Phi) is 8.27. The van der Waals surface area contributed by atoms with Gasteiger partial charge in [-0.3, -0.25) is 0 Å². The van der Waals surface area contributed by atoms with Crippen LogP contribution in [0.3, 0.4) is 0 Å². The van der Waals surface area contributed by atoms with E-state index in [2.05, 4.69) is 232 Å². The number of benzene rings is 10. The van der Waals surface area contributed by atoms with Crippen LogP contribution in [-0.4, -0.2) is 0 Å². The minimum atomic E-state index is -0.103. The number of hydrogen-bond acceptors (Lipinski definition) is 0. The van der Waals surface area contributed by atoms with E-state index in [9.17, 15) is 0 Å². The molecule has 0 radical (unpaired) electrons. The van der Waals surface area contributed by atoms with E-state index in [4.69, 9.17) is 0 Å².